The zero-order valence-electron chi connectivity index (χ0n) is 9.69. The van der Waals surface area contributed by atoms with Gasteiger partial charge in [-0.1, -0.05) is 11.6 Å². The first kappa shape index (κ1) is 11.3. The third kappa shape index (κ3) is 1.99. The monoisotopic (exact) mass is 261 g/mol. The van der Waals surface area contributed by atoms with E-state index in [1.807, 2.05) is 0 Å². The molecule has 0 aliphatic heterocycles. The van der Waals surface area contributed by atoms with E-state index in [0.29, 0.717) is 22.3 Å². The zero-order chi connectivity index (χ0) is 12.5. The molecule has 0 atom stereocenters. The van der Waals surface area contributed by atoms with Crippen LogP contribution in [0.5, 0.6) is 11.6 Å². The molecule has 0 saturated carbocycles. The fourth-order valence-corrected chi connectivity index (χ4v) is 2.31. The van der Waals surface area contributed by atoms with Crippen molar-refractivity contribution >= 4 is 17.3 Å². The standard InChI is InChI=1S/C13H12ClN3O/c14-8-4-5-12(10(15)6-8)18-13-9-2-1-3-11(9)16-7-17-13/h4-7H,1-3,15H2. The minimum Gasteiger partial charge on any atom is -0.436 e. The van der Waals surface area contributed by atoms with Crippen LogP contribution in [0.4, 0.5) is 5.69 Å². The molecule has 92 valence electrons. The third-order valence-electron chi connectivity index (χ3n) is 3.01. The summed E-state index contributed by atoms with van der Waals surface area (Å²) in [4.78, 5) is 8.44. The molecule has 2 aromatic rings. The number of hydrogen-bond donors (Lipinski definition) is 1. The summed E-state index contributed by atoms with van der Waals surface area (Å²) >= 11 is 5.85. The highest BCUT2D eigenvalue weighted by Crippen LogP contribution is 2.33. The van der Waals surface area contributed by atoms with Gasteiger partial charge in [-0.25, -0.2) is 9.97 Å². The maximum Gasteiger partial charge on any atom is 0.225 e. The molecule has 0 bridgehead atoms. The first-order valence-electron chi connectivity index (χ1n) is 5.79. The van der Waals surface area contributed by atoms with E-state index in [-0.39, 0.29) is 0 Å². The van der Waals surface area contributed by atoms with Crippen LogP contribution in [0.3, 0.4) is 0 Å². The Labute approximate surface area is 110 Å². The second-order valence-corrected chi connectivity index (χ2v) is 4.68. The molecule has 0 spiro atoms. The summed E-state index contributed by atoms with van der Waals surface area (Å²) < 4.78 is 5.77. The van der Waals surface area contributed by atoms with Gasteiger partial charge in [-0.15, -0.1) is 0 Å². The highest BCUT2D eigenvalue weighted by molar-refractivity contribution is 6.30. The van der Waals surface area contributed by atoms with Gasteiger partial charge >= 0.3 is 0 Å². The predicted molar refractivity (Wildman–Crippen MR) is 70.0 cm³/mol. The molecule has 0 amide bonds. The third-order valence-corrected chi connectivity index (χ3v) is 3.25. The zero-order valence-corrected chi connectivity index (χ0v) is 10.4. The molecule has 2 N–H and O–H groups in total. The molecular formula is C13H12ClN3O. The summed E-state index contributed by atoms with van der Waals surface area (Å²) in [6.45, 7) is 0. The Bertz CT molecular complexity index is 601. The van der Waals surface area contributed by atoms with Crippen LogP contribution in [0.2, 0.25) is 5.02 Å². The SMILES string of the molecule is Nc1cc(Cl)ccc1Oc1ncnc2c1CCC2. The van der Waals surface area contributed by atoms with Gasteiger partial charge in [-0.3, -0.25) is 0 Å². The Balaban J connectivity index is 1.95. The Morgan fingerprint density at radius 2 is 2.11 bits per heavy atom. The Kier molecular flexibility index (Phi) is 2.80. The lowest BCUT2D eigenvalue weighted by molar-refractivity contribution is 0.457. The summed E-state index contributed by atoms with van der Waals surface area (Å²) in [5.41, 5.74) is 8.53. The highest BCUT2D eigenvalue weighted by atomic mass is 35.5. The van der Waals surface area contributed by atoms with Crippen molar-refractivity contribution in [1.82, 2.24) is 9.97 Å². The van der Waals surface area contributed by atoms with E-state index in [1.54, 1.807) is 18.2 Å². The second-order valence-electron chi connectivity index (χ2n) is 4.24. The van der Waals surface area contributed by atoms with Gasteiger partial charge in [0.1, 0.15) is 6.33 Å². The molecule has 1 aromatic carbocycles. The Morgan fingerprint density at radius 3 is 2.94 bits per heavy atom. The number of anilines is 1. The minimum atomic E-state index is 0.507. The topological polar surface area (TPSA) is 61.0 Å². The quantitative estimate of drug-likeness (QED) is 0.844. The smallest absolute Gasteiger partial charge is 0.225 e. The lowest BCUT2D eigenvalue weighted by Gasteiger charge is -2.10. The number of aryl methyl sites for hydroxylation is 1. The van der Waals surface area contributed by atoms with E-state index < -0.39 is 0 Å². The highest BCUT2D eigenvalue weighted by Gasteiger charge is 2.19. The average Bonchev–Trinajstić information content (AvgIpc) is 2.82. The van der Waals surface area contributed by atoms with Crippen LogP contribution in [-0.4, -0.2) is 9.97 Å². The number of halogens is 1. The first-order valence-corrected chi connectivity index (χ1v) is 6.17. The van der Waals surface area contributed by atoms with Crippen molar-refractivity contribution in [2.24, 2.45) is 0 Å². The van der Waals surface area contributed by atoms with Crippen molar-refractivity contribution in [3.63, 3.8) is 0 Å². The summed E-state index contributed by atoms with van der Waals surface area (Å²) in [5, 5.41) is 0.591. The lowest BCUT2D eigenvalue weighted by atomic mass is 10.2. The van der Waals surface area contributed by atoms with Gasteiger partial charge in [0.2, 0.25) is 5.88 Å². The summed E-state index contributed by atoms with van der Waals surface area (Å²) in [5.74, 6) is 1.18. The molecule has 3 rings (SSSR count). The van der Waals surface area contributed by atoms with Gasteiger partial charge in [-0.2, -0.15) is 0 Å². The van der Waals surface area contributed by atoms with Crippen LogP contribution in [0, 0.1) is 0 Å². The van der Waals surface area contributed by atoms with Crippen molar-refractivity contribution in [3.05, 3.63) is 40.8 Å². The second kappa shape index (κ2) is 4.46. The van der Waals surface area contributed by atoms with Crippen LogP contribution in [0.1, 0.15) is 17.7 Å². The number of nitrogens with zero attached hydrogens (tertiary/aromatic N) is 2. The number of fused-ring (bicyclic) bond motifs is 1. The van der Waals surface area contributed by atoms with Crippen LogP contribution in [0.15, 0.2) is 24.5 Å². The Hall–Kier alpha value is -1.81. The molecule has 0 radical (unpaired) electrons. The van der Waals surface area contributed by atoms with Crippen LogP contribution in [-0.2, 0) is 12.8 Å². The van der Waals surface area contributed by atoms with E-state index in [2.05, 4.69) is 9.97 Å². The van der Waals surface area contributed by atoms with Gasteiger partial charge in [-0.05, 0) is 37.5 Å². The minimum absolute atomic E-state index is 0.507. The summed E-state index contributed by atoms with van der Waals surface area (Å²) in [7, 11) is 0. The van der Waals surface area contributed by atoms with Gasteiger partial charge < -0.3 is 10.5 Å². The molecule has 1 aliphatic rings. The molecule has 1 aromatic heterocycles. The van der Waals surface area contributed by atoms with Crippen molar-refractivity contribution < 1.29 is 4.74 Å². The fraction of sp³-hybridized carbons (Fsp3) is 0.231. The van der Waals surface area contributed by atoms with Crippen molar-refractivity contribution in [2.45, 2.75) is 19.3 Å². The molecule has 0 fully saturated rings. The van der Waals surface area contributed by atoms with E-state index in [1.165, 1.54) is 6.33 Å². The number of ether oxygens (including phenoxy) is 1. The lowest BCUT2D eigenvalue weighted by Crippen LogP contribution is -1.98. The normalized spacial score (nSPS) is 13.4. The molecular weight excluding hydrogens is 250 g/mol. The first-order chi connectivity index (χ1) is 8.74. The Morgan fingerprint density at radius 1 is 1.22 bits per heavy atom. The van der Waals surface area contributed by atoms with E-state index in [9.17, 15) is 0 Å². The molecule has 0 saturated heterocycles. The molecule has 5 heteroatoms. The molecule has 1 heterocycles. The number of nitrogens with two attached hydrogens (primary N) is 1. The van der Waals surface area contributed by atoms with E-state index >= 15 is 0 Å². The molecule has 0 unspecified atom stereocenters. The summed E-state index contributed by atoms with van der Waals surface area (Å²) in [6.07, 6.45) is 4.58. The number of nitrogen functional groups attached to an aromatic ring is 1. The van der Waals surface area contributed by atoms with Gasteiger partial charge in [0.25, 0.3) is 0 Å². The maximum absolute atomic E-state index is 5.86. The fourth-order valence-electron chi connectivity index (χ4n) is 2.13. The van der Waals surface area contributed by atoms with Gasteiger partial charge in [0.05, 0.1) is 11.4 Å². The van der Waals surface area contributed by atoms with Gasteiger partial charge in [0.15, 0.2) is 5.75 Å². The van der Waals surface area contributed by atoms with Crippen molar-refractivity contribution in [1.29, 1.82) is 0 Å². The molecule has 1 aliphatic carbocycles. The molecule has 4 nitrogen and oxygen atoms in total. The number of benzene rings is 1. The number of hydrogen-bond acceptors (Lipinski definition) is 4. The van der Waals surface area contributed by atoms with Crippen LogP contribution < -0.4 is 10.5 Å². The summed E-state index contributed by atoms with van der Waals surface area (Å²) in [6, 6.07) is 5.16. The maximum atomic E-state index is 5.86. The van der Waals surface area contributed by atoms with E-state index in [0.717, 1.165) is 30.5 Å². The number of aromatic nitrogens is 2. The van der Waals surface area contributed by atoms with Gasteiger partial charge in [0, 0.05) is 10.6 Å². The largest absolute Gasteiger partial charge is 0.436 e. The predicted octanol–water partition coefficient (Wildman–Crippen LogP) is 2.99. The average molecular weight is 262 g/mol. The van der Waals surface area contributed by atoms with Crippen LogP contribution >= 0.6 is 11.6 Å². The molecule has 18 heavy (non-hydrogen) atoms. The van der Waals surface area contributed by atoms with Crippen molar-refractivity contribution in [2.75, 3.05) is 5.73 Å². The number of rotatable bonds is 2. The van der Waals surface area contributed by atoms with Crippen LogP contribution in [0.25, 0.3) is 0 Å². The van der Waals surface area contributed by atoms with Crippen molar-refractivity contribution in [3.8, 4) is 11.6 Å². The van der Waals surface area contributed by atoms with E-state index in [4.69, 9.17) is 22.1 Å².